The second kappa shape index (κ2) is 9.12. The topological polar surface area (TPSA) is 95.9 Å². The van der Waals surface area contributed by atoms with E-state index in [0.717, 1.165) is 35.1 Å². The van der Waals surface area contributed by atoms with Crippen LogP contribution in [-0.2, 0) is 14.3 Å². The highest BCUT2D eigenvalue weighted by Gasteiger charge is 2.60. The number of carbonyl (C=O) groups excluding carboxylic acids is 2. The monoisotopic (exact) mass is 462 g/mol. The maximum Gasteiger partial charge on any atom is 0.407 e. The van der Waals surface area contributed by atoms with Gasteiger partial charge in [-0.05, 0) is 40.5 Å². The standard InChI is InChI=1S/C27H30N2O5/c1-2-3-12-23(25(30)29-13-20-21(14-29)24(20)26(31)32)28-27(33)34-15-22-18-10-6-4-8-16(18)17-9-5-7-11-19(17)22/h4-11,20-24H,2-3,12-15H2,1H3,(H,28,33)(H,31,32). The fourth-order valence-corrected chi connectivity index (χ4v) is 5.74. The molecule has 2 amide bonds. The minimum atomic E-state index is -0.776. The van der Waals surface area contributed by atoms with Crippen molar-refractivity contribution in [2.75, 3.05) is 19.7 Å². The number of alkyl carbamates (subject to hydrolysis) is 1. The second-order valence-corrected chi connectivity index (χ2v) is 9.60. The van der Waals surface area contributed by atoms with Gasteiger partial charge in [0.05, 0.1) is 5.92 Å². The van der Waals surface area contributed by atoms with Gasteiger partial charge in [0, 0.05) is 19.0 Å². The van der Waals surface area contributed by atoms with E-state index in [2.05, 4.69) is 29.6 Å². The molecule has 34 heavy (non-hydrogen) atoms. The first-order valence-corrected chi connectivity index (χ1v) is 12.1. The van der Waals surface area contributed by atoms with Gasteiger partial charge in [-0.15, -0.1) is 0 Å². The summed E-state index contributed by atoms with van der Waals surface area (Å²) >= 11 is 0. The number of nitrogens with zero attached hydrogens (tertiary/aromatic N) is 1. The molecule has 2 N–H and O–H groups in total. The molecule has 0 spiro atoms. The number of rotatable bonds is 8. The molecule has 178 valence electrons. The first-order valence-electron chi connectivity index (χ1n) is 12.1. The molecule has 3 atom stereocenters. The van der Waals surface area contributed by atoms with E-state index in [4.69, 9.17) is 4.74 Å². The quantitative estimate of drug-likeness (QED) is 0.621. The maximum atomic E-state index is 13.1. The van der Waals surface area contributed by atoms with Crippen LogP contribution in [0.5, 0.6) is 0 Å². The van der Waals surface area contributed by atoms with Crippen LogP contribution in [0, 0.1) is 17.8 Å². The number of fused-ring (bicyclic) bond motifs is 4. The summed E-state index contributed by atoms with van der Waals surface area (Å²) in [6.07, 6.45) is 1.65. The Kier molecular flexibility index (Phi) is 6.02. The molecular weight excluding hydrogens is 432 g/mol. The Balaban J connectivity index is 1.21. The van der Waals surface area contributed by atoms with E-state index in [-0.39, 0.29) is 36.2 Å². The molecule has 2 aromatic carbocycles. The van der Waals surface area contributed by atoms with Crippen LogP contribution in [0.1, 0.15) is 43.2 Å². The van der Waals surface area contributed by atoms with Crippen molar-refractivity contribution < 1.29 is 24.2 Å². The zero-order chi connectivity index (χ0) is 23.8. The summed E-state index contributed by atoms with van der Waals surface area (Å²) in [6, 6.07) is 15.7. The van der Waals surface area contributed by atoms with Crippen LogP contribution in [0.15, 0.2) is 48.5 Å². The molecule has 7 nitrogen and oxygen atoms in total. The SMILES string of the molecule is CCCCC(NC(=O)OCC1c2ccccc2-c2ccccc21)C(=O)N1CC2C(C1)C2C(=O)O. The molecule has 1 aliphatic heterocycles. The predicted octanol–water partition coefficient (Wildman–Crippen LogP) is 3.87. The summed E-state index contributed by atoms with van der Waals surface area (Å²) in [5.74, 6) is -1.19. The summed E-state index contributed by atoms with van der Waals surface area (Å²) in [7, 11) is 0. The molecule has 3 aliphatic rings. The molecule has 2 aliphatic carbocycles. The van der Waals surface area contributed by atoms with Crippen molar-refractivity contribution in [3.05, 3.63) is 59.7 Å². The lowest BCUT2D eigenvalue weighted by molar-refractivity contribution is -0.141. The Labute approximate surface area is 199 Å². The van der Waals surface area contributed by atoms with E-state index < -0.39 is 18.1 Å². The van der Waals surface area contributed by atoms with E-state index >= 15 is 0 Å². The molecular formula is C27H30N2O5. The highest BCUT2D eigenvalue weighted by atomic mass is 16.5. The number of carbonyl (C=O) groups is 3. The van der Waals surface area contributed by atoms with Gasteiger partial charge in [0.2, 0.25) is 5.91 Å². The number of hydrogen-bond donors (Lipinski definition) is 2. The normalized spacial score (nSPS) is 23.0. The maximum absolute atomic E-state index is 13.1. The fraction of sp³-hybridized carbons (Fsp3) is 0.444. The van der Waals surface area contributed by atoms with Crippen LogP contribution in [0.3, 0.4) is 0 Å². The Morgan fingerprint density at radius 1 is 1.03 bits per heavy atom. The van der Waals surface area contributed by atoms with Crippen molar-refractivity contribution in [3.63, 3.8) is 0 Å². The van der Waals surface area contributed by atoms with E-state index in [1.165, 1.54) is 0 Å². The van der Waals surface area contributed by atoms with Gasteiger partial charge < -0.3 is 20.1 Å². The molecule has 7 heteroatoms. The Bertz CT molecular complexity index is 1060. The minimum absolute atomic E-state index is 0.0402. The van der Waals surface area contributed by atoms with Gasteiger partial charge in [0.15, 0.2) is 0 Å². The molecule has 1 saturated heterocycles. The van der Waals surface area contributed by atoms with Gasteiger partial charge in [-0.3, -0.25) is 9.59 Å². The van der Waals surface area contributed by atoms with Gasteiger partial charge in [0.1, 0.15) is 12.6 Å². The third-order valence-corrected chi connectivity index (χ3v) is 7.57. The molecule has 1 heterocycles. The number of likely N-dealkylation sites (tertiary alicyclic amines) is 1. The van der Waals surface area contributed by atoms with E-state index in [9.17, 15) is 19.5 Å². The molecule has 2 fully saturated rings. The van der Waals surface area contributed by atoms with Crippen LogP contribution in [0.25, 0.3) is 11.1 Å². The number of piperidine rings is 1. The van der Waals surface area contributed by atoms with Crippen LogP contribution in [0.2, 0.25) is 0 Å². The number of carboxylic acid groups (broad SMARTS) is 1. The predicted molar refractivity (Wildman–Crippen MR) is 126 cm³/mol. The Morgan fingerprint density at radius 3 is 2.18 bits per heavy atom. The average Bonchev–Trinajstić information content (AvgIpc) is 3.20. The number of amides is 2. The van der Waals surface area contributed by atoms with Crippen LogP contribution in [0.4, 0.5) is 4.79 Å². The average molecular weight is 463 g/mol. The number of benzene rings is 2. The number of carboxylic acids is 1. The summed E-state index contributed by atoms with van der Waals surface area (Å²) in [6.45, 7) is 3.14. The van der Waals surface area contributed by atoms with Gasteiger partial charge in [0.25, 0.3) is 0 Å². The molecule has 1 saturated carbocycles. The summed E-state index contributed by atoms with van der Waals surface area (Å²) < 4.78 is 5.64. The highest BCUT2D eigenvalue weighted by molar-refractivity contribution is 5.87. The number of ether oxygens (including phenoxy) is 1. The number of hydrogen-bond acceptors (Lipinski definition) is 4. The molecule has 3 unspecified atom stereocenters. The molecule has 0 radical (unpaired) electrons. The largest absolute Gasteiger partial charge is 0.481 e. The first kappa shape index (κ1) is 22.4. The second-order valence-electron chi connectivity index (χ2n) is 9.60. The lowest BCUT2D eigenvalue weighted by atomic mass is 9.98. The highest BCUT2D eigenvalue weighted by Crippen LogP contribution is 2.52. The van der Waals surface area contributed by atoms with Crippen molar-refractivity contribution in [1.82, 2.24) is 10.2 Å². The third kappa shape index (κ3) is 4.04. The zero-order valence-corrected chi connectivity index (χ0v) is 19.3. The van der Waals surface area contributed by atoms with Crippen molar-refractivity contribution >= 4 is 18.0 Å². The molecule has 0 aromatic heterocycles. The van der Waals surface area contributed by atoms with Crippen LogP contribution >= 0.6 is 0 Å². The lowest BCUT2D eigenvalue weighted by Crippen LogP contribution is -2.49. The van der Waals surface area contributed by atoms with Gasteiger partial charge in [-0.25, -0.2) is 4.79 Å². The summed E-state index contributed by atoms with van der Waals surface area (Å²) in [5.41, 5.74) is 4.60. The van der Waals surface area contributed by atoms with Crippen molar-refractivity contribution in [2.45, 2.75) is 38.1 Å². The Hall–Kier alpha value is -3.35. The molecule has 5 rings (SSSR count). The van der Waals surface area contributed by atoms with E-state index in [1.54, 1.807) is 4.90 Å². The van der Waals surface area contributed by atoms with E-state index in [0.29, 0.717) is 19.5 Å². The minimum Gasteiger partial charge on any atom is -0.481 e. The fourth-order valence-electron chi connectivity index (χ4n) is 5.74. The van der Waals surface area contributed by atoms with Crippen LogP contribution in [-0.4, -0.2) is 53.7 Å². The zero-order valence-electron chi connectivity index (χ0n) is 19.3. The van der Waals surface area contributed by atoms with Crippen molar-refractivity contribution in [2.24, 2.45) is 17.8 Å². The summed E-state index contributed by atoms with van der Waals surface area (Å²) in [4.78, 5) is 38.8. The number of unbranched alkanes of at least 4 members (excludes halogenated alkanes) is 1. The lowest BCUT2D eigenvalue weighted by Gasteiger charge is -2.26. The van der Waals surface area contributed by atoms with Gasteiger partial charge in [-0.1, -0.05) is 68.3 Å². The van der Waals surface area contributed by atoms with Crippen LogP contribution < -0.4 is 5.32 Å². The summed E-state index contributed by atoms with van der Waals surface area (Å²) in [5, 5.41) is 12.0. The smallest absolute Gasteiger partial charge is 0.407 e. The number of nitrogens with one attached hydrogen (secondary N) is 1. The Morgan fingerprint density at radius 2 is 1.62 bits per heavy atom. The third-order valence-electron chi connectivity index (χ3n) is 7.57. The van der Waals surface area contributed by atoms with Gasteiger partial charge >= 0.3 is 12.1 Å². The van der Waals surface area contributed by atoms with Gasteiger partial charge in [-0.2, -0.15) is 0 Å². The van der Waals surface area contributed by atoms with Crippen molar-refractivity contribution in [3.8, 4) is 11.1 Å². The molecule has 0 bridgehead atoms. The number of aliphatic carboxylic acids is 1. The van der Waals surface area contributed by atoms with E-state index in [1.807, 2.05) is 31.2 Å². The van der Waals surface area contributed by atoms with Crippen molar-refractivity contribution in [1.29, 1.82) is 0 Å². The molecule has 2 aromatic rings. The first-order chi connectivity index (χ1) is 16.5.